The highest BCUT2D eigenvalue weighted by Gasteiger charge is 2.26. The molecule has 0 saturated carbocycles. The van der Waals surface area contributed by atoms with Gasteiger partial charge in [0.05, 0.1) is 6.26 Å². The minimum Gasteiger partial charge on any atom is -0.475 e. The molecule has 1 N–H and O–H groups in total. The molecule has 0 radical (unpaired) electrons. The standard InChI is InChI=1S/C13H19NO3/c1-9-4-3-6-14(10(9)2)8-11-5-7-17-12(11)13(15)16/h5,7,9-10H,3-4,6,8H2,1-2H3,(H,15,16). The maximum atomic E-state index is 11.0. The first-order chi connectivity index (χ1) is 8.09. The molecule has 4 heteroatoms. The smallest absolute Gasteiger partial charge is 0.372 e. The first-order valence-corrected chi connectivity index (χ1v) is 6.13. The summed E-state index contributed by atoms with van der Waals surface area (Å²) in [6, 6.07) is 2.26. The highest BCUT2D eigenvalue weighted by atomic mass is 16.4. The predicted molar refractivity (Wildman–Crippen MR) is 63.9 cm³/mol. The molecule has 1 aliphatic rings. The third-order valence-corrected chi connectivity index (χ3v) is 3.82. The molecule has 2 atom stereocenters. The monoisotopic (exact) mass is 237 g/mol. The topological polar surface area (TPSA) is 53.7 Å². The summed E-state index contributed by atoms with van der Waals surface area (Å²) in [5.41, 5.74) is 0.776. The van der Waals surface area contributed by atoms with E-state index in [2.05, 4.69) is 18.7 Å². The Hall–Kier alpha value is -1.29. The van der Waals surface area contributed by atoms with Crippen molar-refractivity contribution < 1.29 is 14.3 Å². The number of rotatable bonds is 3. The molecule has 0 spiro atoms. The van der Waals surface area contributed by atoms with Crippen molar-refractivity contribution >= 4 is 5.97 Å². The van der Waals surface area contributed by atoms with Crippen molar-refractivity contribution in [2.24, 2.45) is 5.92 Å². The zero-order chi connectivity index (χ0) is 12.4. The van der Waals surface area contributed by atoms with E-state index < -0.39 is 5.97 Å². The summed E-state index contributed by atoms with van der Waals surface area (Å²) in [5.74, 6) is -0.234. The van der Waals surface area contributed by atoms with Crippen molar-refractivity contribution in [3.63, 3.8) is 0 Å². The second kappa shape index (κ2) is 4.92. The van der Waals surface area contributed by atoms with Crippen molar-refractivity contribution in [3.05, 3.63) is 23.7 Å². The molecule has 0 aromatic carbocycles. The van der Waals surface area contributed by atoms with Crippen molar-refractivity contribution in [3.8, 4) is 0 Å². The molecule has 2 heterocycles. The quantitative estimate of drug-likeness (QED) is 0.878. The van der Waals surface area contributed by atoms with Gasteiger partial charge in [-0.1, -0.05) is 6.92 Å². The number of furan rings is 1. The average molecular weight is 237 g/mol. The Kier molecular flexibility index (Phi) is 3.52. The lowest BCUT2D eigenvalue weighted by molar-refractivity contribution is 0.0653. The van der Waals surface area contributed by atoms with Gasteiger partial charge in [-0.05, 0) is 38.3 Å². The first-order valence-electron chi connectivity index (χ1n) is 6.13. The van der Waals surface area contributed by atoms with E-state index >= 15 is 0 Å². The van der Waals surface area contributed by atoms with Crippen molar-refractivity contribution in [1.29, 1.82) is 0 Å². The van der Waals surface area contributed by atoms with E-state index in [0.717, 1.165) is 12.1 Å². The van der Waals surface area contributed by atoms with Crippen LogP contribution in [0.15, 0.2) is 16.7 Å². The third-order valence-electron chi connectivity index (χ3n) is 3.82. The highest BCUT2D eigenvalue weighted by molar-refractivity contribution is 5.86. The molecular formula is C13H19NO3. The van der Waals surface area contributed by atoms with E-state index in [9.17, 15) is 4.79 Å². The number of carboxylic acid groups (broad SMARTS) is 1. The van der Waals surface area contributed by atoms with E-state index in [4.69, 9.17) is 9.52 Å². The van der Waals surface area contributed by atoms with Crippen molar-refractivity contribution in [2.45, 2.75) is 39.3 Å². The summed E-state index contributed by atoms with van der Waals surface area (Å²) in [6.45, 7) is 6.17. The van der Waals surface area contributed by atoms with Crippen molar-refractivity contribution in [1.82, 2.24) is 4.90 Å². The number of carboxylic acids is 1. The summed E-state index contributed by atoms with van der Waals surface area (Å²) < 4.78 is 5.00. The fourth-order valence-corrected chi connectivity index (χ4v) is 2.51. The molecular weight excluding hydrogens is 218 g/mol. The zero-order valence-corrected chi connectivity index (χ0v) is 10.3. The lowest BCUT2D eigenvalue weighted by atomic mass is 9.92. The summed E-state index contributed by atoms with van der Waals surface area (Å²) in [5, 5.41) is 8.99. The largest absolute Gasteiger partial charge is 0.475 e. The van der Waals surface area contributed by atoms with Crippen LogP contribution in [0.4, 0.5) is 0 Å². The zero-order valence-electron chi connectivity index (χ0n) is 10.3. The molecule has 1 fully saturated rings. The molecule has 1 aliphatic heterocycles. The molecule has 0 aliphatic carbocycles. The van der Waals surface area contributed by atoms with E-state index in [0.29, 0.717) is 18.5 Å². The number of carbonyl (C=O) groups is 1. The molecule has 2 rings (SSSR count). The van der Waals surface area contributed by atoms with Gasteiger partial charge in [-0.3, -0.25) is 4.90 Å². The molecule has 1 aromatic heterocycles. The molecule has 0 amide bonds. The molecule has 1 saturated heterocycles. The van der Waals surface area contributed by atoms with Crippen LogP contribution in [0.25, 0.3) is 0 Å². The molecule has 2 unspecified atom stereocenters. The van der Waals surface area contributed by atoms with Crippen LogP contribution in [0, 0.1) is 5.92 Å². The molecule has 17 heavy (non-hydrogen) atoms. The second-order valence-corrected chi connectivity index (χ2v) is 4.91. The van der Waals surface area contributed by atoms with Crippen molar-refractivity contribution in [2.75, 3.05) is 6.54 Å². The molecule has 4 nitrogen and oxygen atoms in total. The van der Waals surface area contributed by atoms with Gasteiger partial charge >= 0.3 is 5.97 Å². The van der Waals surface area contributed by atoms with Crippen LogP contribution in [0.5, 0.6) is 0 Å². The average Bonchev–Trinajstić information content (AvgIpc) is 2.73. The van der Waals surface area contributed by atoms with Gasteiger partial charge in [0.2, 0.25) is 5.76 Å². The van der Waals surface area contributed by atoms with Gasteiger partial charge in [-0.15, -0.1) is 0 Å². The van der Waals surface area contributed by atoms with Gasteiger partial charge in [0.1, 0.15) is 0 Å². The summed E-state index contributed by atoms with van der Waals surface area (Å²) in [6.07, 6.45) is 3.90. The number of hydrogen-bond acceptors (Lipinski definition) is 3. The summed E-state index contributed by atoms with van der Waals surface area (Å²) in [4.78, 5) is 13.3. The number of piperidine rings is 1. The Balaban J connectivity index is 2.09. The predicted octanol–water partition coefficient (Wildman–Crippen LogP) is 2.60. The van der Waals surface area contributed by atoms with Crippen LogP contribution in [0.3, 0.4) is 0 Å². The SMILES string of the molecule is CC1CCCN(Cc2ccoc2C(=O)O)C1C. The summed E-state index contributed by atoms with van der Waals surface area (Å²) >= 11 is 0. The molecule has 94 valence electrons. The minimum absolute atomic E-state index is 0.0791. The molecule has 0 bridgehead atoms. The van der Waals surface area contributed by atoms with Crippen LogP contribution in [-0.4, -0.2) is 28.6 Å². The Bertz CT molecular complexity index is 399. The van der Waals surface area contributed by atoms with Crippen LogP contribution in [-0.2, 0) is 6.54 Å². The van der Waals surface area contributed by atoms with E-state index in [1.54, 1.807) is 6.07 Å². The minimum atomic E-state index is -0.984. The van der Waals surface area contributed by atoms with Gasteiger partial charge in [0.25, 0.3) is 0 Å². The van der Waals surface area contributed by atoms with Gasteiger partial charge in [0, 0.05) is 18.2 Å². The van der Waals surface area contributed by atoms with E-state index in [1.165, 1.54) is 19.1 Å². The van der Waals surface area contributed by atoms with Crippen LogP contribution >= 0.6 is 0 Å². The van der Waals surface area contributed by atoms with Gasteiger partial charge < -0.3 is 9.52 Å². The Labute approximate surface area is 101 Å². The molecule has 1 aromatic rings. The fraction of sp³-hybridized carbons (Fsp3) is 0.615. The van der Waals surface area contributed by atoms with Gasteiger partial charge in [-0.2, -0.15) is 0 Å². The van der Waals surface area contributed by atoms with Crippen LogP contribution in [0.1, 0.15) is 42.8 Å². The summed E-state index contributed by atoms with van der Waals surface area (Å²) in [7, 11) is 0. The van der Waals surface area contributed by atoms with Gasteiger partial charge in [0.15, 0.2) is 0 Å². The first kappa shape index (κ1) is 12.2. The van der Waals surface area contributed by atoms with Gasteiger partial charge in [-0.25, -0.2) is 4.79 Å². The lowest BCUT2D eigenvalue weighted by Crippen LogP contribution is -2.41. The highest BCUT2D eigenvalue weighted by Crippen LogP contribution is 2.25. The van der Waals surface area contributed by atoms with E-state index in [-0.39, 0.29) is 5.76 Å². The lowest BCUT2D eigenvalue weighted by Gasteiger charge is -2.37. The Morgan fingerprint density at radius 2 is 2.35 bits per heavy atom. The number of nitrogens with zero attached hydrogens (tertiary/aromatic N) is 1. The maximum absolute atomic E-state index is 11.0. The van der Waals surface area contributed by atoms with E-state index in [1.807, 2.05) is 0 Å². The number of hydrogen-bond donors (Lipinski definition) is 1. The Morgan fingerprint density at radius 3 is 3.06 bits per heavy atom. The van der Waals surface area contributed by atoms with Crippen LogP contribution in [0.2, 0.25) is 0 Å². The fourth-order valence-electron chi connectivity index (χ4n) is 2.51. The Morgan fingerprint density at radius 1 is 1.59 bits per heavy atom. The normalized spacial score (nSPS) is 26.0. The maximum Gasteiger partial charge on any atom is 0.372 e. The third kappa shape index (κ3) is 2.52. The second-order valence-electron chi connectivity index (χ2n) is 4.91. The van der Waals surface area contributed by atoms with Crippen LogP contribution < -0.4 is 0 Å². The number of aromatic carboxylic acids is 1. The number of likely N-dealkylation sites (tertiary alicyclic amines) is 1.